The van der Waals surface area contributed by atoms with Gasteiger partial charge in [0.05, 0.1) is 12.3 Å². The molecule has 174 valence electrons. The van der Waals surface area contributed by atoms with Crippen LogP contribution in [0, 0.1) is 13.8 Å². The first kappa shape index (κ1) is 22.8. The van der Waals surface area contributed by atoms with Gasteiger partial charge in [0, 0.05) is 37.4 Å². The third-order valence-corrected chi connectivity index (χ3v) is 5.87. The van der Waals surface area contributed by atoms with Crippen LogP contribution >= 0.6 is 0 Å². The van der Waals surface area contributed by atoms with Crippen LogP contribution in [0.3, 0.4) is 0 Å². The van der Waals surface area contributed by atoms with Crippen LogP contribution in [0.5, 0.6) is 5.75 Å². The highest BCUT2D eigenvalue weighted by Gasteiger charge is 2.23. The summed E-state index contributed by atoms with van der Waals surface area (Å²) >= 11 is 0. The molecule has 1 aliphatic heterocycles. The average molecular weight is 449 g/mol. The van der Waals surface area contributed by atoms with E-state index in [2.05, 4.69) is 27.1 Å². The summed E-state index contributed by atoms with van der Waals surface area (Å²) in [5, 5.41) is 13.2. The predicted octanol–water partition coefficient (Wildman–Crippen LogP) is 3.81. The monoisotopic (exact) mass is 448 g/mol. The van der Waals surface area contributed by atoms with Gasteiger partial charge in [0.2, 0.25) is 0 Å². The summed E-state index contributed by atoms with van der Waals surface area (Å²) in [6, 6.07) is 13.4. The summed E-state index contributed by atoms with van der Waals surface area (Å²) in [5.74, 6) is 2.39. The predicted molar refractivity (Wildman–Crippen MR) is 128 cm³/mol. The fraction of sp³-hybridized carbons (Fsp3) is 0.440. The maximum Gasteiger partial charge on any atom is 0.253 e. The Balaban J connectivity index is 1.30. The summed E-state index contributed by atoms with van der Waals surface area (Å²) in [6.45, 7) is 9.59. The van der Waals surface area contributed by atoms with Crippen LogP contribution < -0.4 is 9.64 Å². The number of unbranched alkanes of at least 4 members (excludes halogenated alkanes) is 2. The van der Waals surface area contributed by atoms with E-state index in [1.807, 2.05) is 61.2 Å². The molecule has 1 aliphatic rings. The molecule has 0 N–H and O–H groups in total. The van der Waals surface area contributed by atoms with Crippen molar-refractivity contribution in [3.05, 3.63) is 59.4 Å². The lowest BCUT2D eigenvalue weighted by atomic mass is 10.1. The number of hydrogen-bond acceptors (Lipinski definition) is 6. The number of piperazine rings is 1. The van der Waals surface area contributed by atoms with Crippen molar-refractivity contribution in [2.45, 2.75) is 40.0 Å². The molecule has 8 heteroatoms. The van der Waals surface area contributed by atoms with Crippen molar-refractivity contribution in [3.63, 3.8) is 0 Å². The maximum absolute atomic E-state index is 12.9. The van der Waals surface area contributed by atoms with Gasteiger partial charge in [-0.1, -0.05) is 19.8 Å². The van der Waals surface area contributed by atoms with Gasteiger partial charge in [0.25, 0.3) is 5.91 Å². The second kappa shape index (κ2) is 10.5. The van der Waals surface area contributed by atoms with E-state index in [1.54, 1.807) is 4.68 Å². The smallest absolute Gasteiger partial charge is 0.253 e. The third-order valence-electron chi connectivity index (χ3n) is 5.87. The number of aromatic nitrogens is 4. The molecule has 0 aliphatic carbocycles. The topological polar surface area (TPSA) is 76.4 Å². The number of hydrogen-bond donors (Lipinski definition) is 0. The molecule has 0 atom stereocenters. The molecule has 0 bridgehead atoms. The number of ether oxygens (including phenoxy) is 1. The molecule has 1 fully saturated rings. The average Bonchev–Trinajstić information content (AvgIpc) is 3.20. The maximum atomic E-state index is 12.9. The van der Waals surface area contributed by atoms with Gasteiger partial charge in [0.15, 0.2) is 11.6 Å². The minimum Gasteiger partial charge on any atom is -0.494 e. The van der Waals surface area contributed by atoms with E-state index in [0.29, 0.717) is 31.1 Å². The molecule has 1 aromatic carbocycles. The van der Waals surface area contributed by atoms with Crippen LogP contribution in [0.2, 0.25) is 0 Å². The Bertz CT molecular complexity index is 1050. The van der Waals surface area contributed by atoms with Gasteiger partial charge in [-0.15, -0.1) is 10.2 Å². The molecule has 8 nitrogen and oxygen atoms in total. The second-order valence-electron chi connectivity index (χ2n) is 8.45. The van der Waals surface area contributed by atoms with E-state index < -0.39 is 0 Å². The van der Waals surface area contributed by atoms with Crippen molar-refractivity contribution >= 4 is 11.7 Å². The summed E-state index contributed by atoms with van der Waals surface area (Å²) in [5.41, 5.74) is 2.67. The molecule has 0 unspecified atom stereocenters. The molecule has 2 aromatic heterocycles. The van der Waals surface area contributed by atoms with E-state index in [0.717, 1.165) is 42.5 Å². The first-order valence-corrected chi connectivity index (χ1v) is 11.7. The first-order chi connectivity index (χ1) is 16.0. The number of benzene rings is 1. The fourth-order valence-electron chi connectivity index (χ4n) is 4.02. The zero-order valence-electron chi connectivity index (χ0n) is 19.7. The highest BCUT2D eigenvalue weighted by Crippen LogP contribution is 2.18. The number of carbonyl (C=O) groups is 1. The lowest BCUT2D eigenvalue weighted by Crippen LogP contribution is -2.49. The highest BCUT2D eigenvalue weighted by atomic mass is 16.5. The van der Waals surface area contributed by atoms with Crippen molar-refractivity contribution in [1.82, 2.24) is 24.9 Å². The Labute approximate surface area is 195 Å². The molecule has 0 radical (unpaired) electrons. The molecular formula is C25H32N6O2. The van der Waals surface area contributed by atoms with E-state index in [4.69, 9.17) is 4.74 Å². The van der Waals surface area contributed by atoms with Crippen molar-refractivity contribution in [2.75, 3.05) is 37.7 Å². The quantitative estimate of drug-likeness (QED) is 0.488. The molecule has 4 rings (SSSR count). The van der Waals surface area contributed by atoms with Crippen molar-refractivity contribution in [2.24, 2.45) is 0 Å². The van der Waals surface area contributed by atoms with E-state index in [1.165, 1.54) is 12.8 Å². The first-order valence-electron chi connectivity index (χ1n) is 11.7. The summed E-state index contributed by atoms with van der Waals surface area (Å²) in [4.78, 5) is 17.0. The van der Waals surface area contributed by atoms with Crippen LogP contribution in [-0.4, -0.2) is 63.6 Å². The summed E-state index contributed by atoms with van der Waals surface area (Å²) in [6.07, 6.45) is 3.39. The normalized spacial score (nSPS) is 13.9. The SMILES string of the molecule is CCCCCOc1ccc(C(=O)N2CCN(c3ccc(-n4nc(C)cc4C)nn3)CC2)cc1. The van der Waals surface area contributed by atoms with Crippen LogP contribution in [0.4, 0.5) is 5.82 Å². The summed E-state index contributed by atoms with van der Waals surface area (Å²) < 4.78 is 7.54. The minimum atomic E-state index is 0.0538. The molecule has 0 saturated carbocycles. The lowest BCUT2D eigenvalue weighted by molar-refractivity contribution is 0.0746. The molecule has 1 saturated heterocycles. The van der Waals surface area contributed by atoms with E-state index in [9.17, 15) is 4.79 Å². The van der Waals surface area contributed by atoms with Gasteiger partial charge in [0.1, 0.15) is 5.75 Å². The number of nitrogens with zero attached hydrogens (tertiary/aromatic N) is 6. The molecule has 33 heavy (non-hydrogen) atoms. The Morgan fingerprint density at radius 2 is 1.64 bits per heavy atom. The van der Waals surface area contributed by atoms with Gasteiger partial charge < -0.3 is 14.5 Å². The largest absolute Gasteiger partial charge is 0.494 e. The fourth-order valence-corrected chi connectivity index (χ4v) is 4.02. The van der Waals surface area contributed by atoms with Gasteiger partial charge in [-0.3, -0.25) is 4.79 Å². The second-order valence-corrected chi connectivity index (χ2v) is 8.45. The molecule has 3 aromatic rings. The molecule has 0 spiro atoms. The number of amides is 1. The van der Waals surface area contributed by atoms with Crippen molar-refractivity contribution in [3.8, 4) is 11.6 Å². The standard InChI is InChI=1S/C25H32N6O2/c1-4-5-6-17-33-22-9-7-21(8-10-22)25(32)30-15-13-29(14-16-30)23-11-12-24(27-26-23)31-20(3)18-19(2)28-31/h7-12,18H,4-6,13-17H2,1-3H3. The number of aryl methyl sites for hydroxylation is 2. The summed E-state index contributed by atoms with van der Waals surface area (Å²) in [7, 11) is 0. The Morgan fingerprint density at radius 3 is 2.24 bits per heavy atom. The van der Waals surface area contributed by atoms with Crippen molar-refractivity contribution < 1.29 is 9.53 Å². The Kier molecular flexibility index (Phi) is 7.22. The molecule has 1 amide bonds. The van der Waals surface area contributed by atoms with Gasteiger partial charge in [-0.25, -0.2) is 4.68 Å². The third kappa shape index (κ3) is 5.50. The van der Waals surface area contributed by atoms with Crippen LogP contribution in [0.25, 0.3) is 5.82 Å². The van der Waals surface area contributed by atoms with Crippen LogP contribution in [-0.2, 0) is 0 Å². The van der Waals surface area contributed by atoms with Gasteiger partial charge >= 0.3 is 0 Å². The number of rotatable bonds is 8. The molecule has 3 heterocycles. The van der Waals surface area contributed by atoms with Crippen LogP contribution in [0.1, 0.15) is 47.9 Å². The molecular weight excluding hydrogens is 416 g/mol. The zero-order valence-corrected chi connectivity index (χ0v) is 19.7. The van der Waals surface area contributed by atoms with E-state index >= 15 is 0 Å². The number of carbonyl (C=O) groups excluding carboxylic acids is 1. The highest BCUT2D eigenvalue weighted by molar-refractivity contribution is 5.94. The Hall–Kier alpha value is -3.42. The van der Waals surface area contributed by atoms with Gasteiger partial charge in [-0.2, -0.15) is 5.10 Å². The van der Waals surface area contributed by atoms with Crippen LogP contribution in [0.15, 0.2) is 42.5 Å². The van der Waals surface area contributed by atoms with Gasteiger partial charge in [-0.05, 0) is 62.7 Å². The Morgan fingerprint density at radius 1 is 0.939 bits per heavy atom. The van der Waals surface area contributed by atoms with Crippen molar-refractivity contribution in [1.29, 1.82) is 0 Å². The van der Waals surface area contributed by atoms with E-state index in [-0.39, 0.29) is 5.91 Å². The zero-order chi connectivity index (χ0) is 23.2. The number of anilines is 1. The lowest BCUT2D eigenvalue weighted by Gasteiger charge is -2.35. The minimum absolute atomic E-state index is 0.0538.